The number of carbonyl (C=O) groups is 1. The highest BCUT2D eigenvalue weighted by Gasteiger charge is 2.12. The number of nitrogens with zero attached hydrogens (tertiary/aromatic N) is 3. The van der Waals surface area contributed by atoms with Crippen molar-refractivity contribution in [1.82, 2.24) is 14.8 Å². The Labute approximate surface area is 137 Å². The van der Waals surface area contributed by atoms with Crippen molar-refractivity contribution in [3.8, 4) is 0 Å². The summed E-state index contributed by atoms with van der Waals surface area (Å²) in [5, 5.41) is 7.81. The monoisotopic (exact) mass is 318 g/mol. The van der Waals surface area contributed by atoms with Crippen LogP contribution in [0, 0.1) is 0 Å². The summed E-state index contributed by atoms with van der Waals surface area (Å²) in [5.41, 5.74) is 2.48. The number of para-hydroxylation sites is 1. The van der Waals surface area contributed by atoms with Gasteiger partial charge in [-0.2, -0.15) is 5.10 Å². The van der Waals surface area contributed by atoms with Gasteiger partial charge in [-0.25, -0.2) is 9.67 Å². The molecule has 0 saturated heterocycles. The first kappa shape index (κ1) is 14.2. The van der Waals surface area contributed by atoms with Crippen molar-refractivity contribution in [2.24, 2.45) is 0 Å². The van der Waals surface area contributed by atoms with Gasteiger partial charge in [0.25, 0.3) is 5.91 Å². The molecule has 0 aliphatic heterocycles. The number of amides is 1. The number of carbonyl (C=O) groups excluding carboxylic acids is 1. The normalized spacial score (nSPS) is 10.8. The Morgan fingerprint density at radius 3 is 2.71 bits per heavy atom. The molecule has 0 radical (unpaired) electrons. The number of furan rings is 1. The molecule has 6 nitrogen and oxygen atoms in total. The Morgan fingerprint density at radius 1 is 1.12 bits per heavy atom. The second-order valence-electron chi connectivity index (χ2n) is 5.39. The molecule has 0 bridgehead atoms. The van der Waals surface area contributed by atoms with Crippen molar-refractivity contribution in [2.75, 3.05) is 5.32 Å². The van der Waals surface area contributed by atoms with E-state index in [0.717, 1.165) is 10.9 Å². The molecule has 0 spiro atoms. The molecule has 1 N–H and O–H groups in total. The number of anilines is 1. The molecule has 0 aliphatic rings. The van der Waals surface area contributed by atoms with E-state index in [0.29, 0.717) is 23.6 Å². The predicted octanol–water partition coefficient (Wildman–Crippen LogP) is 3.32. The van der Waals surface area contributed by atoms with Crippen LogP contribution in [0.25, 0.3) is 11.0 Å². The number of aromatic nitrogens is 3. The second kappa shape index (κ2) is 6.00. The fourth-order valence-corrected chi connectivity index (χ4v) is 2.48. The topological polar surface area (TPSA) is 73.0 Å². The highest BCUT2D eigenvalue weighted by molar-refractivity contribution is 6.04. The lowest BCUT2D eigenvalue weighted by atomic mass is 10.2. The van der Waals surface area contributed by atoms with Gasteiger partial charge in [-0.15, -0.1) is 0 Å². The molecule has 4 rings (SSSR count). The maximum atomic E-state index is 12.3. The van der Waals surface area contributed by atoms with Crippen LogP contribution in [0.2, 0.25) is 0 Å². The van der Waals surface area contributed by atoms with Gasteiger partial charge in [-0.05, 0) is 29.8 Å². The molecule has 6 heteroatoms. The Balaban J connectivity index is 1.47. The van der Waals surface area contributed by atoms with Gasteiger partial charge in [0.1, 0.15) is 18.2 Å². The fraction of sp³-hybridized carbons (Fsp3) is 0.0556. The maximum absolute atomic E-state index is 12.3. The first-order valence-electron chi connectivity index (χ1n) is 7.49. The zero-order valence-corrected chi connectivity index (χ0v) is 12.7. The lowest BCUT2D eigenvalue weighted by Gasteiger charge is -2.05. The van der Waals surface area contributed by atoms with Crippen LogP contribution >= 0.6 is 0 Å². The summed E-state index contributed by atoms with van der Waals surface area (Å²) in [6, 6.07) is 16.9. The van der Waals surface area contributed by atoms with Crippen molar-refractivity contribution in [2.45, 2.75) is 6.54 Å². The van der Waals surface area contributed by atoms with E-state index in [1.165, 1.54) is 6.33 Å². The zero-order chi connectivity index (χ0) is 16.4. The van der Waals surface area contributed by atoms with E-state index in [2.05, 4.69) is 15.4 Å². The van der Waals surface area contributed by atoms with Gasteiger partial charge in [0.15, 0.2) is 5.76 Å². The third-order valence-corrected chi connectivity index (χ3v) is 3.67. The number of nitrogens with one attached hydrogen (secondary N) is 1. The Hall–Kier alpha value is -3.41. The summed E-state index contributed by atoms with van der Waals surface area (Å²) in [7, 11) is 0. The molecule has 4 aromatic rings. The van der Waals surface area contributed by atoms with E-state index in [4.69, 9.17) is 4.42 Å². The number of rotatable bonds is 4. The van der Waals surface area contributed by atoms with Crippen LogP contribution in [0.15, 0.2) is 71.7 Å². The Kier molecular flexibility index (Phi) is 3.55. The van der Waals surface area contributed by atoms with E-state index in [-0.39, 0.29) is 5.91 Å². The fourth-order valence-electron chi connectivity index (χ4n) is 2.48. The summed E-state index contributed by atoms with van der Waals surface area (Å²) in [4.78, 5) is 16.2. The molecular weight excluding hydrogens is 304 g/mol. The van der Waals surface area contributed by atoms with Crippen molar-refractivity contribution in [3.63, 3.8) is 0 Å². The average Bonchev–Trinajstić information content (AvgIpc) is 3.25. The summed E-state index contributed by atoms with van der Waals surface area (Å²) < 4.78 is 7.30. The summed E-state index contributed by atoms with van der Waals surface area (Å²) >= 11 is 0. The minimum Gasteiger partial charge on any atom is -0.451 e. The summed E-state index contributed by atoms with van der Waals surface area (Å²) in [6.45, 7) is 0.637. The van der Waals surface area contributed by atoms with Gasteiger partial charge < -0.3 is 9.73 Å². The van der Waals surface area contributed by atoms with Crippen LogP contribution in [0.3, 0.4) is 0 Å². The maximum Gasteiger partial charge on any atom is 0.291 e. The molecule has 0 saturated carbocycles. The third-order valence-electron chi connectivity index (χ3n) is 3.67. The third kappa shape index (κ3) is 2.89. The van der Waals surface area contributed by atoms with Gasteiger partial charge in [-0.3, -0.25) is 4.79 Å². The average molecular weight is 318 g/mol. The quantitative estimate of drug-likeness (QED) is 0.626. The highest BCUT2D eigenvalue weighted by atomic mass is 16.3. The minimum absolute atomic E-state index is 0.268. The molecule has 0 atom stereocenters. The van der Waals surface area contributed by atoms with E-state index < -0.39 is 0 Å². The van der Waals surface area contributed by atoms with Gasteiger partial charge in [0.05, 0.1) is 6.54 Å². The molecule has 118 valence electrons. The lowest BCUT2D eigenvalue weighted by Crippen LogP contribution is -2.10. The van der Waals surface area contributed by atoms with Crippen LogP contribution < -0.4 is 5.32 Å². The predicted molar refractivity (Wildman–Crippen MR) is 89.7 cm³/mol. The van der Waals surface area contributed by atoms with E-state index in [9.17, 15) is 4.79 Å². The van der Waals surface area contributed by atoms with Gasteiger partial charge in [-0.1, -0.05) is 30.3 Å². The largest absolute Gasteiger partial charge is 0.451 e. The Bertz CT molecular complexity index is 939. The molecule has 0 aliphatic carbocycles. The van der Waals surface area contributed by atoms with Crippen molar-refractivity contribution < 1.29 is 9.21 Å². The molecule has 1 amide bonds. The van der Waals surface area contributed by atoms with Gasteiger partial charge in [0.2, 0.25) is 0 Å². The van der Waals surface area contributed by atoms with Crippen LogP contribution in [-0.2, 0) is 6.54 Å². The minimum atomic E-state index is -0.268. The van der Waals surface area contributed by atoms with Gasteiger partial charge >= 0.3 is 0 Å². The standard InChI is InChI=1S/C18H14N4O2/c23-18(17-9-14-3-1-2-4-16(14)24-17)21-15-7-5-13(6-8-15)10-22-12-19-11-20-22/h1-9,11-12H,10H2,(H,21,23). The van der Waals surface area contributed by atoms with Gasteiger partial charge in [0, 0.05) is 11.1 Å². The van der Waals surface area contributed by atoms with Crippen molar-refractivity contribution in [1.29, 1.82) is 0 Å². The van der Waals surface area contributed by atoms with E-state index in [1.54, 1.807) is 17.1 Å². The van der Waals surface area contributed by atoms with Crippen LogP contribution in [0.4, 0.5) is 5.69 Å². The zero-order valence-electron chi connectivity index (χ0n) is 12.7. The SMILES string of the molecule is O=C(Nc1ccc(Cn2cncn2)cc1)c1cc2ccccc2o1. The van der Waals surface area contributed by atoms with Crippen LogP contribution in [-0.4, -0.2) is 20.7 Å². The van der Waals surface area contributed by atoms with Crippen molar-refractivity contribution in [3.05, 3.63) is 78.6 Å². The number of benzene rings is 2. The summed E-state index contributed by atoms with van der Waals surface area (Å²) in [5.74, 6) is 0.0260. The Morgan fingerprint density at radius 2 is 1.96 bits per heavy atom. The molecular formula is C18H14N4O2. The van der Waals surface area contributed by atoms with Crippen molar-refractivity contribution >= 4 is 22.6 Å². The van der Waals surface area contributed by atoms with Crippen LogP contribution in [0.1, 0.15) is 16.1 Å². The number of hydrogen-bond acceptors (Lipinski definition) is 4. The lowest BCUT2D eigenvalue weighted by molar-refractivity contribution is 0.0998. The first-order chi connectivity index (χ1) is 11.8. The molecule has 2 heterocycles. The molecule has 24 heavy (non-hydrogen) atoms. The molecule has 0 unspecified atom stereocenters. The number of hydrogen-bond donors (Lipinski definition) is 1. The molecule has 2 aromatic heterocycles. The number of fused-ring (bicyclic) bond motifs is 1. The second-order valence-corrected chi connectivity index (χ2v) is 5.39. The highest BCUT2D eigenvalue weighted by Crippen LogP contribution is 2.20. The van der Waals surface area contributed by atoms with E-state index >= 15 is 0 Å². The first-order valence-corrected chi connectivity index (χ1v) is 7.49. The smallest absolute Gasteiger partial charge is 0.291 e. The van der Waals surface area contributed by atoms with E-state index in [1.807, 2.05) is 48.5 Å². The molecule has 2 aromatic carbocycles. The van der Waals surface area contributed by atoms with Crippen LogP contribution in [0.5, 0.6) is 0 Å². The summed E-state index contributed by atoms with van der Waals surface area (Å²) in [6.07, 6.45) is 3.17. The molecule has 0 fully saturated rings.